The summed E-state index contributed by atoms with van der Waals surface area (Å²) in [5.41, 5.74) is -1.56. The van der Waals surface area contributed by atoms with Crippen LogP contribution < -0.4 is 5.32 Å². The Balaban J connectivity index is 1.83. The van der Waals surface area contributed by atoms with Crippen molar-refractivity contribution in [1.82, 2.24) is 15.1 Å². The minimum absolute atomic E-state index is 0.174. The number of hydrogen-bond donors (Lipinski definition) is 1. The zero-order valence-corrected chi connectivity index (χ0v) is 20.5. The fraction of sp³-hybridized carbons (Fsp3) is 0.640. The van der Waals surface area contributed by atoms with E-state index in [0.717, 1.165) is 18.7 Å². The summed E-state index contributed by atoms with van der Waals surface area (Å²) in [5, 5.41) is 3.35. The first-order chi connectivity index (χ1) is 15.5. The van der Waals surface area contributed by atoms with Crippen LogP contribution in [0.15, 0.2) is 30.3 Å². The molecule has 1 atom stereocenters. The van der Waals surface area contributed by atoms with Gasteiger partial charge in [0.05, 0.1) is 0 Å². The first kappa shape index (κ1) is 25.3. The van der Waals surface area contributed by atoms with Gasteiger partial charge in [-0.1, -0.05) is 30.3 Å². The van der Waals surface area contributed by atoms with Crippen molar-refractivity contribution >= 4 is 17.9 Å². The van der Waals surface area contributed by atoms with E-state index in [0.29, 0.717) is 39.0 Å². The van der Waals surface area contributed by atoms with E-state index in [1.54, 1.807) is 6.92 Å². The predicted molar refractivity (Wildman–Crippen MR) is 124 cm³/mol. The van der Waals surface area contributed by atoms with Crippen LogP contribution in [0.3, 0.4) is 0 Å². The summed E-state index contributed by atoms with van der Waals surface area (Å²) in [6.45, 7) is 12.5. The molecule has 2 aliphatic rings. The molecule has 0 aliphatic carbocycles. The Morgan fingerprint density at radius 3 is 2.03 bits per heavy atom. The van der Waals surface area contributed by atoms with Gasteiger partial charge in [0.1, 0.15) is 16.7 Å². The number of carbonyl (C=O) groups excluding carboxylic acids is 3. The number of nitrogens with zero attached hydrogens (tertiary/aromatic N) is 2. The molecule has 1 N–H and O–H groups in total. The van der Waals surface area contributed by atoms with Gasteiger partial charge in [-0.3, -0.25) is 19.4 Å². The molecule has 0 saturated carbocycles. The molecule has 3 rings (SSSR count). The van der Waals surface area contributed by atoms with Crippen LogP contribution in [-0.2, 0) is 29.4 Å². The second-order valence-electron chi connectivity index (χ2n) is 10.1. The number of hydrogen-bond acceptors (Lipinski definition) is 8. The summed E-state index contributed by atoms with van der Waals surface area (Å²) >= 11 is 0. The molecule has 1 unspecified atom stereocenters. The van der Waals surface area contributed by atoms with Crippen molar-refractivity contribution in [3.8, 4) is 0 Å². The third-order valence-electron chi connectivity index (χ3n) is 6.70. The Labute approximate surface area is 196 Å². The van der Waals surface area contributed by atoms with Gasteiger partial charge in [-0.05, 0) is 59.2 Å². The smallest absolute Gasteiger partial charge is 0.338 e. The number of piperidine rings is 1. The fourth-order valence-corrected chi connectivity index (χ4v) is 4.87. The van der Waals surface area contributed by atoms with Crippen LogP contribution in [0.25, 0.3) is 0 Å². The summed E-state index contributed by atoms with van der Waals surface area (Å²) < 4.78 is 10.9. The van der Waals surface area contributed by atoms with Gasteiger partial charge in [0.2, 0.25) is 0 Å². The average Bonchev–Trinajstić information content (AvgIpc) is 2.78. The highest BCUT2D eigenvalue weighted by Gasteiger charge is 2.51. The molecular formula is C25H37N3O5. The molecule has 0 aromatic heterocycles. The number of ether oxygens (including phenoxy) is 2. The maximum absolute atomic E-state index is 13.3. The average molecular weight is 460 g/mol. The SMILES string of the molecule is CC(=O)OC(=O)C(C)(c1ccccc1)N1CCN(C2(C(=O)OC(C)(C)C)CCNCC2)CC1. The molecule has 8 heteroatoms. The van der Waals surface area contributed by atoms with Crippen molar-refractivity contribution in [1.29, 1.82) is 0 Å². The van der Waals surface area contributed by atoms with Crippen LogP contribution in [0.5, 0.6) is 0 Å². The second-order valence-corrected chi connectivity index (χ2v) is 10.1. The highest BCUT2D eigenvalue weighted by molar-refractivity contribution is 5.91. The largest absolute Gasteiger partial charge is 0.459 e. The highest BCUT2D eigenvalue weighted by atomic mass is 16.6. The van der Waals surface area contributed by atoms with Gasteiger partial charge in [0, 0.05) is 33.1 Å². The third-order valence-corrected chi connectivity index (χ3v) is 6.70. The molecule has 1 aromatic carbocycles. The second kappa shape index (κ2) is 9.91. The topological polar surface area (TPSA) is 88.2 Å². The Hall–Kier alpha value is -2.29. The molecule has 0 radical (unpaired) electrons. The summed E-state index contributed by atoms with van der Waals surface area (Å²) in [5.74, 6) is -1.38. The van der Waals surface area contributed by atoms with E-state index in [-0.39, 0.29) is 5.97 Å². The standard InChI is InChI=1S/C25H37N3O5/c1-19(29)32-21(30)24(5,20-9-7-6-8-10-20)27-15-17-28(18-16-27)25(11-13-26-14-12-25)22(31)33-23(2,3)4/h6-10,26H,11-18H2,1-5H3. The zero-order valence-electron chi connectivity index (χ0n) is 20.5. The minimum atomic E-state index is -1.10. The molecule has 0 amide bonds. The van der Waals surface area contributed by atoms with Crippen molar-refractivity contribution in [2.24, 2.45) is 0 Å². The lowest BCUT2D eigenvalue weighted by molar-refractivity contribution is -0.178. The highest BCUT2D eigenvalue weighted by Crippen LogP contribution is 2.35. The van der Waals surface area contributed by atoms with Gasteiger partial charge in [-0.2, -0.15) is 0 Å². The van der Waals surface area contributed by atoms with Crippen LogP contribution in [0.4, 0.5) is 0 Å². The third kappa shape index (κ3) is 5.45. The molecule has 0 spiro atoms. The van der Waals surface area contributed by atoms with E-state index < -0.39 is 28.6 Å². The van der Waals surface area contributed by atoms with Crippen LogP contribution in [0, 0.1) is 0 Å². The lowest BCUT2D eigenvalue weighted by Gasteiger charge is -2.51. The Morgan fingerprint density at radius 1 is 0.939 bits per heavy atom. The van der Waals surface area contributed by atoms with E-state index >= 15 is 0 Å². The monoisotopic (exact) mass is 459 g/mol. The van der Waals surface area contributed by atoms with Crippen molar-refractivity contribution in [3.63, 3.8) is 0 Å². The van der Waals surface area contributed by atoms with Gasteiger partial charge in [-0.15, -0.1) is 0 Å². The van der Waals surface area contributed by atoms with E-state index in [1.807, 2.05) is 56.0 Å². The summed E-state index contributed by atoms with van der Waals surface area (Å²) in [7, 11) is 0. The molecule has 8 nitrogen and oxygen atoms in total. The van der Waals surface area contributed by atoms with Crippen molar-refractivity contribution in [2.45, 2.75) is 64.1 Å². The maximum Gasteiger partial charge on any atom is 0.338 e. The van der Waals surface area contributed by atoms with E-state index in [1.165, 1.54) is 6.92 Å². The van der Waals surface area contributed by atoms with Crippen LogP contribution >= 0.6 is 0 Å². The molecule has 33 heavy (non-hydrogen) atoms. The van der Waals surface area contributed by atoms with Gasteiger partial charge < -0.3 is 14.8 Å². The zero-order chi connectivity index (χ0) is 24.3. The van der Waals surface area contributed by atoms with Gasteiger partial charge >= 0.3 is 17.9 Å². The summed E-state index contributed by atoms with van der Waals surface area (Å²) in [6.07, 6.45) is 1.37. The van der Waals surface area contributed by atoms with Crippen molar-refractivity contribution in [2.75, 3.05) is 39.3 Å². The number of rotatable bonds is 5. The number of nitrogens with one attached hydrogen (secondary N) is 1. The number of carbonyl (C=O) groups is 3. The number of esters is 3. The molecule has 1 aromatic rings. The molecule has 182 valence electrons. The quantitative estimate of drug-likeness (QED) is 0.529. The normalized spacial score (nSPS) is 21.6. The summed E-state index contributed by atoms with van der Waals surface area (Å²) in [6, 6.07) is 9.39. The lowest BCUT2D eigenvalue weighted by Crippen LogP contribution is -2.67. The Bertz CT molecular complexity index is 853. The van der Waals surface area contributed by atoms with Crippen LogP contribution in [0.1, 0.15) is 53.0 Å². The van der Waals surface area contributed by atoms with E-state index in [4.69, 9.17) is 9.47 Å². The molecule has 2 aliphatic heterocycles. The molecule has 2 heterocycles. The van der Waals surface area contributed by atoms with Crippen LogP contribution in [-0.4, -0.2) is 78.1 Å². The van der Waals surface area contributed by atoms with Crippen molar-refractivity contribution in [3.05, 3.63) is 35.9 Å². The fourth-order valence-electron chi connectivity index (χ4n) is 4.87. The molecule has 0 bridgehead atoms. The molecule has 2 fully saturated rings. The first-order valence-electron chi connectivity index (χ1n) is 11.7. The Morgan fingerprint density at radius 2 is 1.52 bits per heavy atom. The first-order valence-corrected chi connectivity index (χ1v) is 11.7. The van der Waals surface area contributed by atoms with E-state index in [9.17, 15) is 14.4 Å². The van der Waals surface area contributed by atoms with Gasteiger partial charge in [0.25, 0.3) is 0 Å². The number of piperazine rings is 1. The minimum Gasteiger partial charge on any atom is -0.459 e. The van der Waals surface area contributed by atoms with E-state index in [2.05, 4.69) is 10.2 Å². The van der Waals surface area contributed by atoms with Crippen molar-refractivity contribution < 1.29 is 23.9 Å². The Kier molecular flexibility index (Phi) is 7.61. The maximum atomic E-state index is 13.3. The van der Waals surface area contributed by atoms with Gasteiger partial charge in [0.15, 0.2) is 0 Å². The lowest BCUT2D eigenvalue weighted by atomic mass is 9.84. The van der Waals surface area contributed by atoms with Gasteiger partial charge in [-0.25, -0.2) is 4.79 Å². The van der Waals surface area contributed by atoms with Crippen LogP contribution in [0.2, 0.25) is 0 Å². The molecular weight excluding hydrogens is 422 g/mol. The predicted octanol–water partition coefficient (Wildman–Crippen LogP) is 2.07. The summed E-state index contributed by atoms with van der Waals surface area (Å²) in [4.78, 5) is 42.3. The number of benzene rings is 1. The molecule has 2 saturated heterocycles.